The Morgan fingerprint density at radius 2 is 1.88 bits per heavy atom. The molecule has 0 fully saturated rings. The molecular formula is C19H18FNO4S. The minimum atomic E-state index is -0.365. The van der Waals surface area contributed by atoms with Crippen molar-refractivity contribution < 1.29 is 23.4 Å². The molecule has 0 unspecified atom stereocenters. The summed E-state index contributed by atoms with van der Waals surface area (Å²) in [6, 6.07) is 9.87. The molecular weight excluding hydrogens is 357 g/mol. The molecule has 1 heterocycles. The van der Waals surface area contributed by atoms with Gasteiger partial charge >= 0.3 is 0 Å². The highest BCUT2D eigenvalue weighted by molar-refractivity contribution is 7.21. The Kier molecular flexibility index (Phi) is 5.39. The van der Waals surface area contributed by atoms with Crippen molar-refractivity contribution in [3.05, 3.63) is 52.7 Å². The number of nitrogens with one attached hydrogen (secondary N) is 1. The van der Waals surface area contributed by atoms with Gasteiger partial charge in [0.1, 0.15) is 5.82 Å². The van der Waals surface area contributed by atoms with Crippen LogP contribution in [0.5, 0.6) is 11.5 Å². The maximum atomic E-state index is 14.2. The molecule has 0 aliphatic rings. The first-order chi connectivity index (χ1) is 12.6. The molecule has 3 aromatic rings. The fourth-order valence-electron chi connectivity index (χ4n) is 2.73. The van der Waals surface area contributed by atoms with Gasteiger partial charge in [0.2, 0.25) is 0 Å². The van der Waals surface area contributed by atoms with E-state index in [0.717, 1.165) is 0 Å². The lowest BCUT2D eigenvalue weighted by Crippen LogP contribution is -2.12. The fourth-order valence-corrected chi connectivity index (χ4v) is 3.85. The SMILES string of the molecule is COCc1c(C(=O)Nc2ccc(OC)c(OC)c2)sc2cccc(F)c12. The second-order valence-corrected chi connectivity index (χ2v) is 6.53. The van der Waals surface area contributed by atoms with E-state index in [9.17, 15) is 9.18 Å². The monoisotopic (exact) mass is 375 g/mol. The second-order valence-electron chi connectivity index (χ2n) is 5.48. The van der Waals surface area contributed by atoms with E-state index in [2.05, 4.69) is 5.32 Å². The molecule has 1 aromatic heterocycles. The van der Waals surface area contributed by atoms with Crippen LogP contribution in [-0.2, 0) is 11.3 Å². The lowest BCUT2D eigenvalue weighted by Gasteiger charge is -2.11. The number of thiophene rings is 1. The topological polar surface area (TPSA) is 56.8 Å². The summed E-state index contributed by atoms with van der Waals surface area (Å²) in [5, 5.41) is 3.25. The Balaban J connectivity index is 1.98. The average Bonchev–Trinajstić information content (AvgIpc) is 3.02. The van der Waals surface area contributed by atoms with Gasteiger partial charge in [-0.1, -0.05) is 6.07 Å². The van der Waals surface area contributed by atoms with Crippen LogP contribution in [0.15, 0.2) is 36.4 Å². The van der Waals surface area contributed by atoms with Crippen LogP contribution in [0.1, 0.15) is 15.2 Å². The highest BCUT2D eigenvalue weighted by atomic mass is 32.1. The summed E-state index contributed by atoms with van der Waals surface area (Å²) in [5.41, 5.74) is 1.09. The van der Waals surface area contributed by atoms with Crippen LogP contribution < -0.4 is 14.8 Å². The van der Waals surface area contributed by atoms with Gasteiger partial charge in [-0.05, 0) is 24.3 Å². The summed E-state index contributed by atoms with van der Waals surface area (Å²) in [4.78, 5) is 13.2. The first-order valence-electron chi connectivity index (χ1n) is 7.81. The number of fused-ring (bicyclic) bond motifs is 1. The number of rotatable bonds is 6. The number of amides is 1. The van der Waals surface area contributed by atoms with E-state index in [1.54, 1.807) is 37.4 Å². The molecule has 7 heteroatoms. The van der Waals surface area contributed by atoms with E-state index in [0.29, 0.717) is 37.7 Å². The first kappa shape index (κ1) is 18.2. The highest BCUT2D eigenvalue weighted by Gasteiger charge is 2.21. The van der Waals surface area contributed by atoms with Crippen molar-refractivity contribution >= 4 is 33.0 Å². The zero-order valence-corrected chi connectivity index (χ0v) is 15.4. The van der Waals surface area contributed by atoms with Crippen molar-refractivity contribution in [2.24, 2.45) is 0 Å². The lowest BCUT2D eigenvalue weighted by molar-refractivity contribution is 0.102. The first-order valence-corrected chi connectivity index (χ1v) is 8.63. The maximum Gasteiger partial charge on any atom is 0.266 e. The Morgan fingerprint density at radius 1 is 1.12 bits per heavy atom. The van der Waals surface area contributed by atoms with Crippen LogP contribution in [0, 0.1) is 5.82 Å². The van der Waals surface area contributed by atoms with Crippen LogP contribution in [0.2, 0.25) is 0 Å². The molecule has 0 spiro atoms. The van der Waals surface area contributed by atoms with Crippen LogP contribution in [0.3, 0.4) is 0 Å². The van der Waals surface area contributed by atoms with Crippen molar-refractivity contribution in [2.75, 3.05) is 26.6 Å². The summed E-state index contributed by atoms with van der Waals surface area (Å²) in [6.45, 7) is 0.148. The number of carbonyl (C=O) groups excluding carboxylic acids is 1. The predicted octanol–water partition coefficient (Wildman–Crippen LogP) is 4.46. The third-order valence-corrected chi connectivity index (χ3v) is 5.10. The van der Waals surface area contributed by atoms with Gasteiger partial charge in [-0.25, -0.2) is 4.39 Å². The molecule has 0 saturated carbocycles. The van der Waals surface area contributed by atoms with Gasteiger partial charge in [-0.3, -0.25) is 4.79 Å². The second kappa shape index (κ2) is 7.72. The smallest absolute Gasteiger partial charge is 0.266 e. The van der Waals surface area contributed by atoms with Gasteiger partial charge in [-0.15, -0.1) is 11.3 Å². The molecule has 0 saturated heterocycles. The molecule has 2 aromatic carbocycles. The van der Waals surface area contributed by atoms with Crippen LogP contribution in [0.25, 0.3) is 10.1 Å². The van der Waals surface area contributed by atoms with Crippen molar-refractivity contribution in [3.63, 3.8) is 0 Å². The number of hydrogen-bond acceptors (Lipinski definition) is 5. The summed E-state index contributed by atoms with van der Waals surface area (Å²) >= 11 is 1.23. The number of anilines is 1. The number of halogens is 1. The van der Waals surface area contributed by atoms with E-state index in [-0.39, 0.29) is 18.3 Å². The van der Waals surface area contributed by atoms with Crippen LogP contribution in [0.4, 0.5) is 10.1 Å². The van der Waals surface area contributed by atoms with E-state index < -0.39 is 0 Å². The molecule has 0 radical (unpaired) electrons. The minimum Gasteiger partial charge on any atom is -0.493 e. The number of hydrogen-bond donors (Lipinski definition) is 1. The van der Waals surface area contributed by atoms with Crippen molar-refractivity contribution in [3.8, 4) is 11.5 Å². The number of carbonyl (C=O) groups is 1. The summed E-state index contributed by atoms with van der Waals surface area (Å²) in [7, 11) is 4.58. The maximum absolute atomic E-state index is 14.2. The van der Waals surface area contributed by atoms with Gasteiger partial charge in [-0.2, -0.15) is 0 Å². The van der Waals surface area contributed by atoms with Gasteiger partial charge in [0.05, 0.1) is 25.7 Å². The Bertz CT molecular complexity index is 954. The molecule has 0 bridgehead atoms. The standard InChI is InChI=1S/C19H18FNO4S/c1-23-10-12-17-13(20)5-4-6-16(17)26-18(12)19(22)21-11-7-8-14(24-2)15(9-11)25-3/h4-9H,10H2,1-3H3,(H,21,22). The molecule has 136 valence electrons. The minimum absolute atomic E-state index is 0.148. The largest absolute Gasteiger partial charge is 0.493 e. The Morgan fingerprint density at radius 3 is 2.58 bits per heavy atom. The molecule has 0 atom stereocenters. The highest BCUT2D eigenvalue weighted by Crippen LogP contribution is 2.35. The molecule has 0 aliphatic carbocycles. The zero-order chi connectivity index (χ0) is 18.7. The quantitative estimate of drug-likeness (QED) is 0.691. The normalized spacial score (nSPS) is 10.8. The predicted molar refractivity (Wildman–Crippen MR) is 100.0 cm³/mol. The molecule has 1 amide bonds. The Labute approximate surface area is 154 Å². The number of ether oxygens (including phenoxy) is 3. The van der Waals surface area contributed by atoms with Gasteiger partial charge < -0.3 is 19.5 Å². The third-order valence-electron chi connectivity index (χ3n) is 3.90. The van der Waals surface area contributed by atoms with Gasteiger partial charge in [0.25, 0.3) is 5.91 Å². The molecule has 0 aliphatic heterocycles. The molecule has 1 N–H and O–H groups in total. The fraction of sp³-hybridized carbons (Fsp3) is 0.211. The zero-order valence-electron chi connectivity index (χ0n) is 14.6. The van der Waals surface area contributed by atoms with Crippen LogP contribution in [-0.4, -0.2) is 27.2 Å². The van der Waals surface area contributed by atoms with Crippen molar-refractivity contribution in [2.45, 2.75) is 6.61 Å². The summed E-state index contributed by atoms with van der Waals surface area (Å²) in [5.74, 6) is 0.375. The van der Waals surface area contributed by atoms with Crippen molar-refractivity contribution in [1.82, 2.24) is 0 Å². The number of benzene rings is 2. The summed E-state index contributed by atoms with van der Waals surface area (Å²) < 4.78 is 30.6. The Hall–Kier alpha value is -2.64. The van der Waals surface area contributed by atoms with Gasteiger partial charge in [0.15, 0.2) is 11.5 Å². The van der Waals surface area contributed by atoms with E-state index in [4.69, 9.17) is 14.2 Å². The van der Waals surface area contributed by atoms with E-state index >= 15 is 0 Å². The third kappa shape index (κ3) is 3.36. The lowest BCUT2D eigenvalue weighted by atomic mass is 10.1. The molecule has 26 heavy (non-hydrogen) atoms. The van der Waals surface area contributed by atoms with E-state index in [1.165, 1.54) is 31.6 Å². The van der Waals surface area contributed by atoms with E-state index in [1.807, 2.05) is 0 Å². The molecule has 3 rings (SSSR count). The number of methoxy groups -OCH3 is 3. The van der Waals surface area contributed by atoms with Crippen LogP contribution >= 0.6 is 11.3 Å². The van der Waals surface area contributed by atoms with Gasteiger partial charge in [0, 0.05) is 34.5 Å². The summed E-state index contributed by atoms with van der Waals surface area (Å²) in [6.07, 6.45) is 0. The molecule has 5 nitrogen and oxygen atoms in total. The van der Waals surface area contributed by atoms with Crippen molar-refractivity contribution in [1.29, 1.82) is 0 Å². The average molecular weight is 375 g/mol.